The lowest BCUT2D eigenvalue weighted by molar-refractivity contribution is 0.769. The zero-order chi connectivity index (χ0) is 36.6. The first-order valence-corrected chi connectivity index (χ1v) is 18.7. The predicted molar refractivity (Wildman–Crippen MR) is 224 cm³/mol. The molecule has 0 spiro atoms. The van der Waals surface area contributed by atoms with Crippen LogP contribution in [0.15, 0.2) is 212 Å². The lowest BCUT2D eigenvalue weighted by Crippen LogP contribution is -2.28. The Balaban J connectivity index is 1.19. The van der Waals surface area contributed by atoms with Crippen molar-refractivity contribution in [2.24, 2.45) is 0 Å². The molecule has 0 saturated carbocycles. The zero-order valence-corrected chi connectivity index (χ0v) is 30.0. The second-order valence-electron chi connectivity index (χ2n) is 14.0. The lowest BCUT2D eigenvalue weighted by Gasteiger charge is -2.34. The molecule has 0 radical (unpaired) electrons. The first kappa shape index (κ1) is 32.4. The normalized spacial score (nSPS) is 12.5. The summed E-state index contributed by atoms with van der Waals surface area (Å²) in [5, 5.41) is 0. The van der Waals surface area contributed by atoms with E-state index in [0.29, 0.717) is 5.82 Å². The average molecular weight is 702 g/mol. The van der Waals surface area contributed by atoms with Crippen LogP contribution in [0.1, 0.15) is 22.3 Å². The van der Waals surface area contributed by atoms with Crippen molar-refractivity contribution in [3.8, 4) is 67.4 Å². The number of aromatic nitrogens is 3. The van der Waals surface area contributed by atoms with Gasteiger partial charge in [0.25, 0.3) is 0 Å². The van der Waals surface area contributed by atoms with E-state index in [4.69, 9.17) is 9.97 Å². The fourth-order valence-corrected chi connectivity index (χ4v) is 8.33. The van der Waals surface area contributed by atoms with E-state index in [-0.39, 0.29) is 0 Å². The molecule has 0 saturated heterocycles. The van der Waals surface area contributed by atoms with Crippen LogP contribution in [-0.4, -0.2) is 15.0 Å². The van der Waals surface area contributed by atoms with Gasteiger partial charge in [-0.2, -0.15) is 0 Å². The van der Waals surface area contributed by atoms with Crippen LogP contribution in [0.4, 0.5) is 0 Å². The van der Waals surface area contributed by atoms with Crippen molar-refractivity contribution in [1.29, 1.82) is 0 Å². The Labute approximate surface area is 321 Å². The number of pyridine rings is 1. The van der Waals surface area contributed by atoms with Gasteiger partial charge in [0.1, 0.15) is 0 Å². The Morgan fingerprint density at radius 3 is 1.42 bits per heavy atom. The summed E-state index contributed by atoms with van der Waals surface area (Å²) < 4.78 is 0. The standard InChI is InChI=1S/C52H35N3/c1-3-16-36(17-4-1)49-35-50(55-51(54-49)37-18-5-2-6-19-37)41-23-15-25-43(34-41)52(46-28-9-7-26-44(46)45-27-8-10-29-47(45)52)42-24-14-21-39(33-42)38-20-13-22-40(32-38)48-30-11-12-31-53-48/h1-35H. The predicted octanol–water partition coefficient (Wildman–Crippen LogP) is 12.6. The third-order valence-electron chi connectivity index (χ3n) is 10.8. The number of benzene rings is 7. The van der Waals surface area contributed by atoms with Crippen LogP contribution in [0.2, 0.25) is 0 Å². The van der Waals surface area contributed by atoms with Gasteiger partial charge in [-0.3, -0.25) is 4.98 Å². The molecule has 0 aliphatic heterocycles. The highest BCUT2D eigenvalue weighted by Crippen LogP contribution is 2.56. The summed E-state index contributed by atoms with van der Waals surface area (Å²) in [5.41, 5.74) is 16.1. The molecule has 0 amide bonds. The van der Waals surface area contributed by atoms with Crippen molar-refractivity contribution in [1.82, 2.24) is 15.0 Å². The molecule has 0 fully saturated rings. The maximum Gasteiger partial charge on any atom is 0.160 e. The van der Waals surface area contributed by atoms with Crippen molar-refractivity contribution in [3.63, 3.8) is 0 Å². The van der Waals surface area contributed by atoms with E-state index >= 15 is 0 Å². The maximum atomic E-state index is 5.22. The molecule has 0 atom stereocenters. The summed E-state index contributed by atoms with van der Waals surface area (Å²) in [5.74, 6) is 0.703. The molecule has 7 aromatic carbocycles. The summed E-state index contributed by atoms with van der Waals surface area (Å²) in [6, 6.07) is 73.4. The molecule has 0 N–H and O–H groups in total. The first-order chi connectivity index (χ1) is 27.3. The minimum absolute atomic E-state index is 0.588. The van der Waals surface area contributed by atoms with Crippen LogP contribution < -0.4 is 0 Å². The SMILES string of the molecule is c1ccc(-c2cc(-c3cccc(C4(c5cccc(-c6cccc(-c7ccccn7)c6)c5)c5ccccc5-c5ccccc54)c3)nc(-c3ccccc3)n2)cc1. The molecule has 0 unspecified atom stereocenters. The molecule has 10 rings (SSSR count). The monoisotopic (exact) mass is 701 g/mol. The summed E-state index contributed by atoms with van der Waals surface area (Å²) >= 11 is 0. The average Bonchev–Trinajstić information content (AvgIpc) is 3.58. The Morgan fingerprint density at radius 2 is 0.782 bits per heavy atom. The highest BCUT2D eigenvalue weighted by atomic mass is 14.9. The summed E-state index contributed by atoms with van der Waals surface area (Å²) in [6.45, 7) is 0. The van der Waals surface area contributed by atoms with Gasteiger partial charge in [-0.25, -0.2) is 9.97 Å². The molecular formula is C52H35N3. The molecule has 1 aliphatic carbocycles. The third-order valence-corrected chi connectivity index (χ3v) is 10.8. The van der Waals surface area contributed by atoms with Crippen LogP contribution in [-0.2, 0) is 5.41 Å². The molecule has 2 heterocycles. The van der Waals surface area contributed by atoms with Crippen LogP contribution >= 0.6 is 0 Å². The lowest BCUT2D eigenvalue weighted by atomic mass is 9.67. The topological polar surface area (TPSA) is 38.7 Å². The molecule has 258 valence electrons. The Hall–Kier alpha value is -7.23. The van der Waals surface area contributed by atoms with E-state index in [1.807, 2.05) is 42.6 Å². The van der Waals surface area contributed by atoms with Gasteiger partial charge in [0.05, 0.1) is 22.5 Å². The third kappa shape index (κ3) is 5.65. The van der Waals surface area contributed by atoms with E-state index in [1.165, 1.54) is 33.4 Å². The summed E-state index contributed by atoms with van der Waals surface area (Å²) in [7, 11) is 0. The van der Waals surface area contributed by atoms with E-state index in [1.54, 1.807) is 0 Å². The number of hydrogen-bond donors (Lipinski definition) is 0. The van der Waals surface area contributed by atoms with E-state index in [0.717, 1.165) is 50.5 Å². The quantitative estimate of drug-likeness (QED) is 0.166. The molecule has 1 aliphatic rings. The van der Waals surface area contributed by atoms with Gasteiger partial charge in [-0.05, 0) is 80.9 Å². The van der Waals surface area contributed by atoms with Gasteiger partial charge in [-0.1, -0.05) is 170 Å². The van der Waals surface area contributed by atoms with Gasteiger partial charge in [0.15, 0.2) is 5.82 Å². The number of rotatable bonds is 7. The minimum atomic E-state index is -0.588. The van der Waals surface area contributed by atoms with Gasteiger partial charge < -0.3 is 0 Å². The van der Waals surface area contributed by atoms with Crippen molar-refractivity contribution in [3.05, 3.63) is 235 Å². The van der Waals surface area contributed by atoms with Crippen molar-refractivity contribution in [2.45, 2.75) is 5.41 Å². The highest BCUT2D eigenvalue weighted by molar-refractivity contribution is 5.87. The smallest absolute Gasteiger partial charge is 0.160 e. The van der Waals surface area contributed by atoms with Gasteiger partial charge in [0.2, 0.25) is 0 Å². The first-order valence-electron chi connectivity index (χ1n) is 18.7. The maximum absolute atomic E-state index is 5.22. The fourth-order valence-electron chi connectivity index (χ4n) is 8.33. The molecule has 0 bridgehead atoms. The Bertz CT molecular complexity index is 2710. The van der Waals surface area contributed by atoms with Gasteiger partial charge >= 0.3 is 0 Å². The van der Waals surface area contributed by atoms with Crippen LogP contribution in [0.5, 0.6) is 0 Å². The fraction of sp³-hybridized carbons (Fsp3) is 0.0192. The zero-order valence-electron chi connectivity index (χ0n) is 30.0. The second-order valence-corrected chi connectivity index (χ2v) is 14.0. The van der Waals surface area contributed by atoms with Crippen LogP contribution in [0, 0.1) is 0 Å². The molecule has 55 heavy (non-hydrogen) atoms. The van der Waals surface area contributed by atoms with E-state index < -0.39 is 5.41 Å². The number of nitrogens with zero attached hydrogens (tertiary/aromatic N) is 3. The van der Waals surface area contributed by atoms with E-state index in [9.17, 15) is 0 Å². The Kier molecular flexibility index (Phi) is 8.04. The van der Waals surface area contributed by atoms with Crippen molar-refractivity contribution >= 4 is 0 Å². The second kappa shape index (κ2) is 13.6. The molecule has 2 aromatic heterocycles. The number of fused-ring (bicyclic) bond motifs is 3. The van der Waals surface area contributed by atoms with Gasteiger partial charge in [0, 0.05) is 28.5 Å². The van der Waals surface area contributed by atoms with Crippen LogP contribution in [0.3, 0.4) is 0 Å². The largest absolute Gasteiger partial charge is 0.256 e. The highest BCUT2D eigenvalue weighted by Gasteiger charge is 2.46. The van der Waals surface area contributed by atoms with Crippen molar-refractivity contribution < 1.29 is 0 Å². The minimum Gasteiger partial charge on any atom is -0.256 e. The summed E-state index contributed by atoms with van der Waals surface area (Å²) in [4.78, 5) is 14.9. The van der Waals surface area contributed by atoms with E-state index in [2.05, 4.69) is 175 Å². The number of hydrogen-bond acceptors (Lipinski definition) is 3. The van der Waals surface area contributed by atoms with Crippen LogP contribution in [0.25, 0.3) is 67.4 Å². The molecular weight excluding hydrogens is 667 g/mol. The molecule has 3 heteroatoms. The molecule has 9 aromatic rings. The Morgan fingerprint density at radius 1 is 0.309 bits per heavy atom. The summed E-state index contributed by atoms with van der Waals surface area (Å²) in [6.07, 6.45) is 1.85. The van der Waals surface area contributed by atoms with Gasteiger partial charge in [-0.15, -0.1) is 0 Å². The molecule has 3 nitrogen and oxygen atoms in total. The van der Waals surface area contributed by atoms with Crippen molar-refractivity contribution in [2.75, 3.05) is 0 Å².